The summed E-state index contributed by atoms with van der Waals surface area (Å²) in [6.07, 6.45) is 0. The van der Waals surface area contributed by atoms with E-state index in [1.54, 1.807) is 38.1 Å². The van der Waals surface area contributed by atoms with Gasteiger partial charge in [-0.15, -0.1) is 0 Å². The summed E-state index contributed by atoms with van der Waals surface area (Å²) in [4.78, 5) is 39.0. The Hall–Kier alpha value is -6.53. The highest BCUT2D eigenvalue weighted by molar-refractivity contribution is 7.86. The summed E-state index contributed by atoms with van der Waals surface area (Å²) in [6, 6.07) is 21.1. The van der Waals surface area contributed by atoms with Gasteiger partial charge in [0.15, 0.2) is 0 Å². The third kappa shape index (κ3) is 7.50. The summed E-state index contributed by atoms with van der Waals surface area (Å²) in [5.41, 5.74) is 1.85. The normalized spacial score (nSPS) is 11.6. The zero-order valence-corrected chi connectivity index (χ0v) is 29.8. The number of aryl methyl sites for hydroxylation is 2. The predicted octanol–water partition coefficient (Wildman–Crippen LogP) is 6.66. The van der Waals surface area contributed by atoms with Crippen LogP contribution in [0.2, 0.25) is 0 Å². The average molecular weight is 771 g/mol. The number of hydrogen-bond donors (Lipinski definition) is 8. The van der Waals surface area contributed by atoms with Crippen LogP contribution in [0.25, 0.3) is 21.5 Å². The first-order valence-electron chi connectivity index (χ1n) is 15.8. The van der Waals surface area contributed by atoms with Gasteiger partial charge in [0.2, 0.25) is 0 Å². The minimum atomic E-state index is -4.65. The van der Waals surface area contributed by atoms with Crippen molar-refractivity contribution >= 4 is 82.4 Å². The van der Waals surface area contributed by atoms with E-state index in [1.165, 1.54) is 60.7 Å². The molecule has 276 valence electrons. The van der Waals surface area contributed by atoms with Crippen LogP contribution < -0.4 is 21.3 Å². The van der Waals surface area contributed by atoms with Crippen LogP contribution in [0.1, 0.15) is 31.8 Å². The van der Waals surface area contributed by atoms with Gasteiger partial charge >= 0.3 is 6.03 Å². The van der Waals surface area contributed by atoms with Gasteiger partial charge in [0.25, 0.3) is 32.1 Å². The quantitative estimate of drug-likeness (QED) is 0.0760. The minimum absolute atomic E-state index is 0.0139. The molecule has 0 unspecified atom stereocenters. The third-order valence-corrected chi connectivity index (χ3v) is 10.3. The number of carbonyl (C=O) groups excluding carboxylic acids is 3. The van der Waals surface area contributed by atoms with Crippen LogP contribution in [0.3, 0.4) is 0 Å². The maximum absolute atomic E-state index is 13.4. The van der Waals surface area contributed by atoms with Crippen LogP contribution in [-0.4, -0.2) is 54.0 Å². The first kappa shape index (κ1) is 37.2. The second-order valence-corrected chi connectivity index (χ2v) is 14.9. The lowest BCUT2D eigenvalue weighted by molar-refractivity contribution is 0.101. The molecule has 0 saturated heterocycles. The Balaban J connectivity index is 1.20. The van der Waals surface area contributed by atoms with Gasteiger partial charge in [-0.1, -0.05) is 36.4 Å². The zero-order chi connectivity index (χ0) is 39.1. The van der Waals surface area contributed by atoms with Crippen molar-refractivity contribution in [2.75, 3.05) is 21.3 Å². The van der Waals surface area contributed by atoms with E-state index in [1.807, 2.05) is 0 Å². The highest BCUT2D eigenvalue weighted by Gasteiger charge is 2.22. The molecule has 0 aliphatic heterocycles. The highest BCUT2D eigenvalue weighted by Crippen LogP contribution is 2.37. The molecule has 15 nitrogen and oxygen atoms in total. The standard InChI is InChI=1S/C37H30N4O11S2/c1-19-9-11-21(17-25(19)35(44)40-27-13-15-31(53(47,48)49)23-5-3-7-29(42)33(23)27)38-37(46)39-22-12-10-20(2)26(18-22)36(45)41-28-14-16-32(54(50,51)52)24-6-4-8-30(43)34(24)28/h3-18,42-43H,1-2H3,(H,40,44)(H,41,45)(H2,38,39,46)(H,47,48,49)(H,50,51,52). The van der Waals surface area contributed by atoms with Crippen LogP contribution in [0.5, 0.6) is 11.5 Å². The van der Waals surface area contributed by atoms with Gasteiger partial charge in [-0.2, -0.15) is 16.8 Å². The Kier molecular flexibility index (Phi) is 9.74. The smallest absolute Gasteiger partial charge is 0.323 e. The monoisotopic (exact) mass is 770 g/mol. The molecule has 6 aromatic carbocycles. The molecule has 6 rings (SSSR count). The molecule has 0 aromatic heterocycles. The molecule has 8 N–H and O–H groups in total. The van der Waals surface area contributed by atoms with Gasteiger partial charge in [-0.25, -0.2) is 4.79 Å². The van der Waals surface area contributed by atoms with Crippen LogP contribution in [0.4, 0.5) is 27.5 Å². The van der Waals surface area contributed by atoms with E-state index in [-0.39, 0.29) is 66.9 Å². The zero-order valence-electron chi connectivity index (χ0n) is 28.2. The van der Waals surface area contributed by atoms with Crippen molar-refractivity contribution in [1.29, 1.82) is 0 Å². The molecule has 0 fully saturated rings. The van der Waals surface area contributed by atoms with Crippen molar-refractivity contribution in [3.8, 4) is 11.5 Å². The number of hydrogen-bond acceptors (Lipinski definition) is 9. The molecule has 54 heavy (non-hydrogen) atoms. The molecule has 17 heteroatoms. The van der Waals surface area contributed by atoms with Gasteiger partial charge in [-0.05, 0) is 85.6 Å². The van der Waals surface area contributed by atoms with Crippen molar-refractivity contribution in [2.24, 2.45) is 0 Å². The number of rotatable bonds is 8. The molecule has 0 spiro atoms. The fourth-order valence-corrected chi connectivity index (χ4v) is 7.32. The molecular weight excluding hydrogens is 741 g/mol. The first-order valence-corrected chi connectivity index (χ1v) is 18.7. The number of carbonyl (C=O) groups is 3. The number of nitrogens with one attached hydrogen (secondary N) is 4. The molecule has 0 heterocycles. The van der Waals surface area contributed by atoms with Crippen molar-refractivity contribution < 1.29 is 50.5 Å². The van der Waals surface area contributed by atoms with E-state index < -0.39 is 47.9 Å². The maximum atomic E-state index is 13.4. The lowest BCUT2D eigenvalue weighted by Gasteiger charge is -2.15. The summed E-state index contributed by atoms with van der Waals surface area (Å²) in [5.74, 6) is -1.97. The largest absolute Gasteiger partial charge is 0.507 e. The molecule has 0 aliphatic rings. The Morgan fingerprint density at radius 1 is 0.519 bits per heavy atom. The van der Waals surface area contributed by atoms with E-state index in [2.05, 4.69) is 21.3 Å². The number of phenols is 2. The molecule has 0 atom stereocenters. The van der Waals surface area contributed by atoms with Crippen LogP contribution in [0, 0.1) is 13.8 Å². The Morgan fingerprint density at radius 3 is 1.28 bits per heavy atom. The van der Waals surface area contributed by atoms with Crippen molar-refractivity contribution in [3.05, 3.63) is 119 Å². The number of amides is 4. The second-order valence-electron chi connectivity index (χ2n) is 12.1. The summed E-state index contributed by atoms with van der Waals surface area (Å²) in [5, 5.41) is 31.5. The van der Waals surface area contributed by atoms with E-state index >= 15 is 0 Å². The van der Waals surface area contributed by atoms with Gasteiger partial charge in [-0.3, -0.25) is 18.7 Å². The number of fused-ring (bicyclic) bond motifs is 2. The van der Waals surface area contributed by atoms with E-state index in [0.717, 1.165) is 12.1 Å². The average Bonchev–Trinajstić information content (AvgIpc) is 3.09. The molecule has 0 radical (unpaired) electrons. The molecule has 0 aliphatic carbocycles. The number of urea groups is 1. The lowest BCUT2D eigenvalue weighted by Crippen LogP contribution is -2.21. The van der Waals surface area contributed by atoms with Crippen molar-refractivity contribution in [2.45, 2.75) is 23.6 Å². The maximum Gasteiger partial charge on any atom is 0.323 e. The highest BCUT2D eigenvalue weighted by atomic mass is 32.2. The van der Waals surface area contributed by atoms with Crippen molar-refractivity contribution in [3.63, 3.8) is 0 Å². The van der Waals surface area contributed by atoms with Crippen molar-refractivity contribution in [1.82, 2.24) is 0 Å². The molecule has 0 saturated carbocycles. The van der Waals surface area contributed by atoms with Gasteiger partial charge < -0.3 is 31.5 Å². The summed E-state index contributed by atoms with van der Waals surface area (Å²) in [7, 11) is -9.30. The second kappa shape index (κ2) is 14.1. The number of benzene rings is 6. The first-order chi connectivity index (χ1) is 25.4. The summed E-state index contributed by atoms with van der Waals surface area (Å²) < 4.78 is 66.9. The number of anilines is 4. The molecule has 6 aromatic rings. The van der Waals surface area contributed by atoms with Gasteiger partial charge in [0, 0.05) is 44.0 Å². The Bertz CT molecular complexity index is 2600. The number of aromatic hydroxyl groups is 2. The predicted molar refractivity (Wildman–Crippen MR) is 202 cm³/mol. The Morgan fingerprint density at radius 2 is 0.907 bits per heavy atom. The van der Waals surface area contributed by atoms with E-state index in [4.69, 9.17) is 0 Å². The third-order valence-electron chi connectivity index (χ3n) is 8.49. The summed E-state index contributed by atoms with van der Waals surface area (Å²) in [6.45, 7) is 3.31. The molecule has 4 amide bonds. The fourth-order valence-electron chi connectivity index (χ4n) is 5.94. The Labute approximate surface area is 307 Å². The van der Waals surface area contributed by atoms with Crippen LogP contribution >= 0.6 is 0 Å². The lowest BCUT2D eigenvalue weighted by atomic mass is 10.0. The van der Waals surface area contributed by atoms with Crippen LogP contribution in [-0.2, 0) is 20.2 Å². The van der Waals surface area contributed by atoms with Gasteiger partial charge in [0.1, 0.15) is 21.3 Å². The van der Waals surface area contributed by atoms with Gasteiger partial charge in [0.05, 0.1) is 11.4 Å². The SMILES string of the molecule is Cc1ccc(NC(=O)Nc2ccc(C)c(C(=O)Nc3ccc(S(=O)(=O)O)c4cccc(O)c34)c2)cc1C(=O)Nc1ccc(S(=O)(=O)O)c2cccc(O)c12. The topological polar surface area (TPSA) is 249 Å². The molecule has 0 bridgehead atoms. The summed E-state index contributed by atoms with van der Waals surface area (Å²) >= 11 is 0. The number of phenolic OH excluding ortho intramolecular Hbond substituents is 2. The van der Waals surface area contributed by atoms with E-state index in [0.29, 0.717) is 11.1 Å². The van der Waals surface area contributed by atoms with E-state index in [9.17, 15) is 50.5 Å². The minimum Gasteiger partial charge on any atom is -0.507 e. The fraction of sp³-hybridized carbons (Fsp3) is 0.0541. The van der Waals surface area contributed by atoms with Crippen LogP contribution in [0.15, 0.2) is 107 Å². The molecular formula is C37H30N4O11S2.